The molecule has 0 N–H and O–H groups in total. The quantitative estimate of drug-likeness (QED) is 0.409. The molecule has 0 amide bonds. The molecule has 70 valence electrons. The lowest BCUT2D eigenvalue weighted by molar-refractivity contribution is 1.28. The van der Waals surface area contributed by atoms with E-state index in [1.54, 1.807) is 0 Å². The second-order valence-electron chi connectivity index (χ2n) is 3.66. The fraction of sp³-hybridized carbons (Fsp3) is 0.273. The summed E-state index contributed by atoms with van der Waals surface area (Å²) in [6, 6.07) is 8.54. The van der Waals surface area contributed by atoms with Gasteiger partial charge < -0.3 is 0 Å². The topological polar surface area (TPSA) is 0 Å². The third-order valence-electron chi connectivity index (χ3n) is 2.02. The first-order chi connectivity index (χ1) is 6.04. The van der Waals surface area contributed by atoms with Crippen LogP contribution in [0.3, 0.4) is 0 Å². The van der Waals surface area contributed by atoms with Gasteiger partial charge in [-0.15, -0.1) is 6.58 Å². The molecule has 0 atom stereocenters. The number of rotatable bonds is 3. The predicted octanol–water partition coefficient (Wildman–Crippen LogP) is 3.07. The fourth-order valence-corrected chi connectivity index (χ4v) is 2.54. The van der Waals surface area contributed by atoms with Crippen molar-refractivity contribution in [1.82, 2.24) is 0 Å². The lowest BCUT2D eigenvalue weighted by atomic mass is 10.2. The van der Waals surface area contributed by atoms with Gasteiger partial charge in [0.05, 0.1) is 0 Å². The van der Waals surface area contributed by atoms with Gasteiger partial charge in [-0.1, -0.05) is 43.4 Å². The van der Waals surface area contributed by atoms with Crippen molar-refractivity contribution in [2.75, 3.05) is 0 Å². The Bertz CT molecular complexity index is 282. The first-order valence-electron chi connectivity index (χ1n) is 4.43. The Labute approximate surface area is 86.0 Å². The maximum Gasteiger partial charge on any atom is 0.180 e. The monoisotopic (exact) mass is 210 g/mol. The smallest absolute Gasteiger partial charge is 0.162 e. The van der Waals surface area contributed by atoms with Crippen LogP contribution in [0.25, 0.3) is 0 Å². The molecular formula is C11H15ClSi. The lowest BCUT2D eigenvalue weighted by Crippen LogP contribution is -2.34. The van der Waals surface area contributed by atoms with Gasteiger partial charge in [-0.05, 0) is 17.2 Å². The molecule has 1 rings (SSSR count). The predicted molar refractivity (Wildman–Crippen MR) is 63.3 cm³/mol. The maximum absolute atomic E-state index is 6.31. The van der Waals surface area contributed by atoms with E-state index in [4.69, 9.17) is 11.1 Å². The number of hydrogen-bond acceptors (Lipinski definition) is 0. The molecule has 0 aliphatic carbocycles. The lowest BCUT2D eigenvalue weighted by Gasteiger charge is -2.13. The van der Waals surface area contributed by atoms with Crippen LogP contribution in [0.2, 0.25) is 13.1 Å². The van der Waals surface area contributed by atoms with Crippen LogP contribution in [0.4, 0.5) is 0 Å². The summed E-state index contributed by atoms with van der Waals surface area (Å²) in [6.45, 7) is 7.98. The molecule has 0 fully saturated rings. The molecule has 0 radical (unpaired) electrons. The van der Waals surface area contributed by atoms with Crippen molar-refractivity contribution >= 4 is 23.6 Å². The van der Waals surface area contributed by atoms with Gasteiger partial charge in [0.1, 0.15) is 0 Å². The highest BCUT2D eigenvalue weighted by atomic mass is 35.6. The Morgan fingerprint density at radius 1 is 1.31 bits per heavy atom. The summed E-state index contributed by atoms with van der Waals surface area (Å²) in [4.78, 5) is 0. The van der Waals surface area contributed by atoms with Crippen LogP contribution >= 0.6 is 11.1 Å². The molecule has 1 aromatic rings. The van der Waals surface area contributed by atoms with Crippen molar-refractivity contribution in [1.29, 1.82) is 0 Å². The highest BCUT2D eigenvalue weighted by molar-refractivity contribution is 7.26. The third-order valence-corrected chi connectivity index (χ3v) is 4.38. The van der Waals surface area contributed by atoms with Gasteiger partial charge in [-0.25, -0.2) is 0 Å². The fourth-order valence-electron chi connectivity index (χ4n) is 1.20. The van der Waals surface area contributed by atoms with Crippen LogP contribution in [0, 0.1) is 0 Å². The average Bonchev–Trinajstić information content (AvgIpc) is 2.04. The summed E-state index contributed by atoms with van der Waals surface area (Å²) in [5.41, 5.74) is 1.30. The standard InChI is InChI=1S/C11H15ClSi/c1-4-5-10-6-8-11(9-7-10)13(2,3)12/h4,6-9H,1,5H2,2-3H3. The van der Waals surface area contributed by atoms with Gasteiger partial charge in [-0.3, -0.25) is 0 Å². The molecule has 0 aliphatic heterocycles. The van der Waals surface area contributed by atoms with Gasteiger partial charge in [0.15, 0.2) is 7.38 Å². The SMILES string of the molecule is C=CCc1ccc([Si](C)(C)Cl)cc1. The molecule has 0 nitrogen and oxygen atoms in total. The van der Waals surface area contributed by atoms with Crippen molar-refractivity contribution in [3.05, 3.63) is 42.5 Å². The van der Waals surface area contributed by atoms with E-state index in [1.807, 2.05) is 6.08 Å². The van der Waals surface area contributed by atoms with Crippen molar-refractivity contribution < 1.29 is 0 Å². The normalized spacial score (nSPS) is 11.3. The van der Waals surface area contributed by atoms with Crippen molar-refractivity contribution in [2.45, 2.75) is 19.5 Å². The van der Waals surface area contributed by atoms with Crippen LogP contribution in [0.1, 0.15) is 5.56 Å². The summed E-state index contributed by atoms with van der Waals surface area (Å²) in [6.07, 6.45) is 2.85. The molecule has 0 saturated carbocycles. The molecule has 1 aromatic carbocycles. The Kier molecular flexibility index (Phi) is 3.34. The zero-order valence-electron chi connectivity index (χ0n) is 8.18. The van der Waals surface area contributed by atoms with E-state index in [0.29, 0.717) is 0 Å². The van der Waals surface area contributed by atoms with Gasteiger partial charge in [0.2, 0.25) is 0 Å². The van der Waals surface area contributed by atoms with E-state index in [2.05, 4.69) is 43.9 Å². The molecule has 0 saturated heterocycles. The molecule has 0 spiro atoms. The van der Waals surface area contributed by atoms with E-state index in [1.165, 1.54) is 10.8 Å². The first kappa shape index (κ1) is 10.5. The number of allylic oxidation sites excluding steroid dienone is 1. The zero-order chi connectivity index (χ0) is 9.90. The maximum atomic E-state index is 6.31. The van der Waals surface area contributed by atoms with Crippen molar-refractivity contribution in [3.63, 3.8) is 0 Å². The molecule has 2 heteroatoms. The van der Waals surface area contributed by atoms with Crippen LogP contribution in [-0.2, 0) is 6.42 Å². The van der Waals surface area contributed by atoms with E-state index in [0.717, 1.165) is 6.42 Å². The van der Waals surface area contributed by atoms with E-state index in [-0.39, 0.29) is 0 Å². The molecule has 0 aliphatic rings. The Balaban J connectivity index is 2.87. The third kappa shape index (κ3) is 3.01. The van der Waals surface area contributed by atoms with Gasteiger partial charge in [-0.2, -0.15) is 11.1 Å². The zero-order valence-corrected chi connectivity index (χ0v) is 9.93. The average molecular weight is 211 g/mol. The molecule has 0 heterocycles. The summed E-state index contributed by atoms with van der Waals surface area (Å²) in [5.74, 6) is 0. The largest absolute Gasteiger partial charge is 0.180 e. The second kappa shape index (κ2) is 4.12. The molecule has 0 aromatic heterocycles. The van der Waals surface area contributed by atoms with E-state index < -0.39 is 7.38 Å². The molecule has 13 heavy (non-hydrogen) atoms. The van der Waals surface area contributed by atoms with Crippen LogP contribution in [-0.4, -0.2) is 7.38 Å². The van der Waals surface area contributed by atoms with E-state index >= 15 is 0 Å². The molecular weight excluding hydrogens is 196 g/mol. The van der Waals surface area contributed by atoms with Crippen LogP contribution in [0.15, 0.2) is 36.9 Å². The minimum atomic E-state index is -1.63. The van der Waals surface area contributed by atoms with E-state index in [9.17, 15) is 0 Å². The highest BCUT2D eigenvalue weighted by Crippen LogP contribution is 2.09. The Morgan fingerprint density at radius 2 is 1.85 bits per heavy atom. The van der Waals surface area contributed by atoms with Gasteiger partial charge in [0.25, 0.3) is 0 Å². The minimum Gasteiger partial charge on any atom is -0.162 e. The molecule has 0 bridgehead atoms. The Morgan fingerprint density at radius 3 is 2.23 bits per heavy atom. The number of benzene rings is 1. The first-order valence-corrected chi connectivity index (χ1v) is 8.44. The summed E-state index contributed by atoms with van der Waals surface area (Å²) >= 11 is 6.31. The summed E-state index contributed by atoms with van der Waals surface area (Å²) < 4.78 is 0. The Hall–Kier alpha value is -0.533. The highest BCUT2D eigenvalue weighted by Gasteiger charge is 2.19. The molecule has 0 unspecified atom stereocenters. The van der Waals surface area contributed by atoms with Crippen molar-refractivity contribution in [3.8, 4) is 0 Å². The van der Waals surface area contributed by atoms with Crippen LogP contribution < -0.4 is 5.19 Å². The minimum absolute atomic E-state index is 0.935. The number of halogens is 1. The summed E-state index contributed by atoms with van der Waals surface area (Å²) in [5, 5.41) is 1.29. The second-order valence-corrected chi connectivity index (χ2v) is 10.0. The van der Waals surface area contributed by atoms with Gasteiger partial charge in [0, 0.05) is 0 Å². The van der Waals surface area contributed by atoms with Crippen LogP contribution in [0.5, 0.6) is 0 Å². The summed E-state index contributed by atoms with van der Waals surface area (Å²) in [7, 11) is -1.63. The van der Waals surface area contributed by atoms with Gasteiger partial charge >= 0.3 is 0 Å². The number of hydrogen-bond donors (Lipinski definition) is 0. The van der Waals surface area contributed by atoms with Crippen molar-refractivity contribution in [2.24, 2.45) is 0 Å².